The first-order valence-corrected chi connectivity index (χ1v) is 6.96. The van der Waals surface area contributed by atoms with Crippen LogP contribution in [-0.4, -0.2) is 40.1 Å². The number of nitrogens with zero attached hydrogens (tertiary/aromatic N) is 2. The van der Waals surface area contributed by atoms with Crippen LogP contribution >= 0.6 is 11.3 Å². The number of hydrogen-bond acceptors (Lipinski definition) is 4. The van der Waals surface area contributed by atoms with Crippen molar-refractivity contribution < 1.29 is 14.7 Å². The summed E-state index contributed by atoms with van der Waals surface area (Å²) in [5.41, 5.74) is 0.200. The molecular formula is C12H17N3O3S. The van der Waals surface area contributed by atoms with E-state index in [-0.39, 0.29) is 23.7 Å². The van der Waals surface area contributed by atoms with Crippen LogP contribution in [0.25, 0.3) is 0 Å². The molecule has 104 valence electrons. The lowest BCUT2D eigenvalue weighted by atomic mass is 9.93. The van der Waals surface area contributed by atoms with Gasteiger partial charge in [0.15, 0.2) is 5.69 Å². The summed E-state index contributed by atoms with van der Waals surface area (Å²) in [5.74, 6) is -1.05. The second kappa shape index (κ2) is 5.16. The maximum atomic E-state index is 11.9. The van der Waals surface area contributed by atoms with E-state index in [2.05, 4.69) is 24.1 Å². The van der Waals surface area contributed by atoms with Crippen LogP contribution in [0.5, 0.6) is 0 Å². The van der Waals surface area contributed by atoms with Gasteiger partial charge >= 0.3 is 12.0 Å². The fraction of sp³-hybridized carbons (Fsp3) is 0.583. The third kappa shape index (κ3) is 3.44. The van der Waals surface area contributed by atoms with Crippen LogP contribution in [-0.2, 0) is 6.54 Å². The molecule has 0 saturated carbocycles. The number of aromatic nitrogens is 1. The van der Waals surface area contributed by atoms with Gasteiger partial charge in [-0.1, -0.05) is 13.8 Å². The number of rotatable bonds is 3. The molecule has 1 fully saturated rings. The number of carboxylic acid groups (broad SMARTS) is 1. The first kappa shape index (κ1) is 13.8. The van der Waals surface area contributed by atoms with E-state index in [4.69, 9.17) is 5.11 Å². The number of carbonyl (C=O) groups is 2. The molecule has 2 N–H and O–H groups in total. The Hall–Kier alpha value is -1.63. The van der Waals surface area contributed by atoms with Crippen molar-refractivity contribution in [3.05, 3.63) is 16.1 Å². The molecule has 0 spiro atoms. The summed E-state index contributed by atoms with van der Waals surface area (Å²) in [5, 5.41) is 13.6. The van der Waals surface area contributed by atoms with E-state index in [0.29, 0.717) is 5.01 Å². The van der Waals surface area contributed by atoms with Crippen LogP contribution in [0.2, 0.25) is 0 Å². The van der Waals surface area contributed by atoms with Crippen LogP contribution in [0.15, 0.2) is 5.38 Å². The van der Waals surface area contributed by atoms with E-state index in [1.165, 1.54) is 16.7 Å². The van der Waals surface area contributed by atoms with Gasteiger partial charge < -0.3 is 15.3 Å². The molecule has 0 aromatic carbocycles. The van der Waals surface area contributed by atoms with Gasteiger partial charge in [0.1, 0.15) is 5.01 Å². The molecule has 0 radical (unpaired) electrons. The van der Waals surface area contributed by atoms with Crippen LogP contribution in [0.4, 0.5) is 4.79 Å². The van der Waals surface area contributed by atoms with Crippen molar-refractivity contribution in [2.75, 3.05) is 13.1 Å². The van der Waals surface area contributed by atoms with Crippen molar-refractivity contribution in [2.45, 2.75) is 26.8 Å². The molecule has 1 aromatic heterocycles. The van der Waals surface area contributed by atoms with E-state index in [1.807, 2.05) is 0 Å². The number of nitrogens with one attached hydrogen (secondary N) is 1. The van der Waals surface area contributed by atoms with E-state index >= 15 is 0 Å². The van der Waals surface area contributed by atoms with Gasteiger partial charge in [-0.05, 0) is 11.8 Å². The van der Waals surface area contributed by atoms with E-state index in [9.17, 15) is 9.59 Å². The molecular weight excluding hydrogens is 266 g/mol. The second-order valence-corrected chi connectivity index (χ2v) is 6.37. The predicted octanol–water partition coefficient (Wildman–Crippen LogP) is 1.78. The van der Waals surface area contributed by atoms with Crippen LogP contribution in [0.1, 0.15) is 35.8 Å². The van der Waals surface area contributed by atoms with E-state index in [1.54, 1.807) is 4.90 Å². The van der Waals surface area contributed by atoms with Gasteiger partial charge in [0.25, 0.3) is 0 Å². The van der Waals surface area contributed by atoms with Crippen molar-refractivity contribution in [1.82, 2.24) is 15.2 Å². The summed E-state index contributed by atoms with van der Waals surface area (Å²) >= 11 is 1.24. The number of carboxylic acids is 1. The van der Waals surface area contributed by atoms with Gasteiger partial charge in [0, 0.05) is 18.5 Å². The van der Waals surface area contributed by atoms with Crippen LogP contribution in [0.3, 0.4) is 0 Å². The Morgan fingerprint density at radius 3 is 2.84 bits per heavy atom. The van der Waals surface area contributed by atoms with Crippen LogP contribution < -0.4 is 5.32 Å². The molecule has 7 heteroatoms. The Bertz CT molecular complexity index is 498. The topological polar surface area (TPSA) is 82.5 Å². The Kier molecular flexibility index (Phi) is 3.75. The summed E-state index contributed by atoms with van der Waals surface area (Å²) < 4.78 is 0. The molecule has 2 rings (SSSR count). The highest BCUT2D eigenvalue weighted by atomic mass is 32.1. The van der Waals surface area contributed by atoms with Gasteiger partial charge in [-0.3, -0.25) is 0 Å². The highest BCUT2D eigenvalue weighted by Crippen LogP contribution is 2.28. The van der Waals surface area contributed by atoms with Gasteiger partial charge in [-0.2, -0.15) is 0 Å². The van der Waals surface area contributed by atoms with Crippen molar-refractivity contribution in [3.63, 3.8) is 0 Å². The van der Waals surface area contributed by atoms with Gasteiger partial charge in [-0.15, -0.1) is 11.3 Å². The zero-order chi connectivity index (χ0) is 14.0. The fourth-order valence-corrected chi connectivity index (χ4v) is 2.75. The lowest BCUT2D eigenvalue weighted by molar-refractivity contribution is 0.0691. The molecule has 1 aromatic rings. The lowest BCUT2D eigenvalue weighted by Gasteiger charge is -2.19. The van der Waals surface area contributed by atoms with Crippen molar-refractivity contribution in [3.8, 4) is 0 Å². The minimum Gasteiger partial charge on any atom is -0.476 e. The summed E-state index contributed by atoms with van der Waals surface area (Å²) in [7, 11) is 0. The maximum absolute atomic E-state index is 11.9. The average Bonchev–Trinajstić information content (AvgIpc) is 2.92. The smallest absolute Gasteiger partial charge is 0.355 e. The Balaban J connectivity index is 1.85. The molecule has 0 unspecified atom stereocenters. The molecule has 0 atom stereocenters. The monoisotopic (exact) mass is 283 g/mol. The molecule has 0 aliphatic carbocycles. The van der Waals surface area contributed by atoms with E-state index in [0.717, 1.165) is 19.5 Å². The zero-order valence-corrected chi connectivity index (χ0v) is 11.8. The molecule has 1 aliphatic rings. The summed E-state index contributed by atoms with van der Waals surface area (Å²) in [6, 6.07) is -0.113. The van der Waals surface area contributed by atoms with Gasteiger partial charge in [-0.25, -0.2) is 14.6 Å². The van der Waals surface area contributed by atoms with Gasteiger partial charge in [0.05, 0.1) is 6.54 Å². The first-order chi connectivity index (χ1) is 8.87. The molecule has 1 saturated heterocycles. The minimum absolute atomic E-state index is 0.0246. The number of hydrogen-bond donors (Lipinski definition) is 2. The lowest BCUT2D eigenvalue weighted by Crippen LogP contribution is -2.38. The summed E-state index contributed by atoms with van der Waals surface area (Å²) in [6.45, 7) is 6.06. The second-order valence-electron chi connectivity index (χ2n) is 5.43. The quantitative estimate of drug-likeness (QED) is 0.886. The third-order valence-corrected chi connectivity index (χ3v) is 3.98. The Morgan fingerprint density at radius 1 is 1.58 bits per heavy atom. The molecule has 1 aliphatic heterocycles. The van der Waals surface area contributed by atoms with Crippen molar-refractivity contribution >= 4 is 23.3 Å². The molecule has 0 bridgehead atoms. The zero-order valence-electron chi connectivity index (χ0n) is 11.0. The number of likely N-dealkylation sites (tertiary alicyclic amines) is 1. The third-order valence-electron chi connectivity index (χ3n) is 3.13. The highest BCUT2D eigenvalue weighted by molar-refractivity contribution is 7.09. The number of amides is 2. The fourth-order valence-electron chi connectivity index (χ4n) is 2.04. The molecule has 19 heavy (non-hydrogen) atoms. The largest absolute Gasteiger partial charge is 0.476 e. The summed E-state index contributed by atoms with van der Waals surface area (Å²) in [6.07, 6.45) is 1.00. The summed E-state index contributed by atoms with van der Waals surface area (Å²) in [4.78, 5) is 28.3. The van der Waals surface area contributed by atoms with Crippen molar-refractivity contribution in [2.24, 2.45) is 5.41 Å². The minimum atomic E-state index is -1.05. The maximum Gasteiger partial charge on any atom is 0.355 e. The normalized spacial score (nSPS) is 17.5. The number of urea groups is 1. The SMILES string of the molecule is CC1(C)CCN(C(=O)NCc2nc(C(=O)O)cs2)C1. The Labute approximate surface area is 115 Å². The first-order valence-electron chi connectivity index (χ1n) is 6.08. The Morgan fingerprint density at radius 2 is 2.32 bits per heavy atom. The van der Waals surface area contributed by atoms with Crippen molar-refractivity contribution in [1.29, 1.82) is 0 Å². The highest BCUT2D eigenvalue weighted by Gasteiger charge is 2.31. The van der Waals surface area contributed by atoms with E-state index < -0.39 is 5.97 Å². The van der Waals surface area contributed by atoms with Crippen LogP contribution in [0, 0.1) is 5.41 Å². The number of thiazole rings is 1. The molecule has 2 heterocycles. The predicted molar refractivity (Wildman–Crippen MR) is 71.3 cm³/mol. The van der Waals surface area contributed by atoms with Gasteiger partial charge in [0.2, 0.25) is 0 Å². The standard InChI is InChI=1S/C12H17N3O3S/c1-12(2)3-4-15(7-12)11(18)13-5-9-14-8(6-19-9)10(16)17/h6H,3-5,7H2,1-2H3,(H,13,18)(H,16,17). The average molecular weight is 283 g/mol. The number of aromatic carboxylic acids is 1. The number of carbonyl (C=O) groups excluding carboxylic acids is 1. The molecule has 2 amide bonds. The molecule has 6 nitrogen and oxygen atoms in total.